The number of benzene rings is 1. The quantitative estimate of drug-likeness (QED) is 0.484. The van der Waals surface area contributed by atoms with Crippen LogP contribution in [0, 0.1) is 0 Å². The molecular weight excluding hydrogens is 185 g/mol. The lowest BCUT2D eigenvalue weighted by atomic mass is 9.79. The van der Waals surface area contributed by atoms with Crippen LogP contribution in [0.15, 0.2) is 18.2 Å². The van der Waals surface area contributed by atoms with Gasteiger partial charge in [0.05, 0.1) is 5.69 Å². The fourth-order valence-corrected chi connectivity index (χ4v) is 1.34. The molecule has 0 aromatic heterocycles. The second-order valence-corrected chi connectivity index (χ2v) is 2.93. The monoisotopic (exact) mass is 193 g/mol. The highest BCUT2D eigenvalue weighted by molar-refractivity contribution is 6.60. The zero-order chi connectivity index (χ0) is 10.1. The minimum Gasteiger partial charge on any atom is -0.482 e. The van der Waals surface area contributed by atoms with E-state index in [-0.39, 0.29) is 18.0 Å². The molecule has 1 amide bonds. The third kappa shape index (κ3) is 1.45. The molecule has 0 radical (unpaired) electrons. The molecule has 1 heterocycles. The van der Waals surface area contributed by atoms with Gasteiger partial charge in [0.2, 0.25) is 0 Å². The molecule has 1 aromatic carbocycles. The van der Waals surface area contributed by atoms with Gasteiger partial charge in [-0.2, -0.15) is 0 Å². The lowest BCUT2D eigenvalue weighted by Gasteiger charge is -2.20. The normalized spacial score (nSPS) is 14.0. The van der Waals surface area contributed by atoms with E-state index in [2.05, 4.69) is 5.32 Å². The summed E-state index contributed by atoms with van der Waals surface area (Å²) in [6, 6.07) is 4.78. The van der Waals surface area contributed by atoms with Crippen LogP contribution in [0.1, 0.15) is 0 Å². The Labute approximate surface area is 80.5 Å². The summed E-state index contributed by atoms with van der Waals surface area (Å²) in [4.78, 5) is 10.9. The van der Waals surface area contributed by atoms with Crippen molar-refractivity contribution in [1.29, 1.82) is 0 Å². The van der Waals surface area contributed by atoms with Gasteiger partial charge in [-0.25, -0.2) is 0 Å². The molecule has 0 saturated heterocycles. The molecule has 3 N–H and O–H groups in total. The molecule has 0 fully saturated rings. The fraction of sp³-hybridized carbons (Fsp3) is 0.125. The predicted molar refractivity (Wildman–Crippen MR) is 50.4 cm³/mol. The molecule has 0 spiro atoms. The van der Waals surface area contributed by atoms with Gasteiger partial charge in [-0.3, -0.25) is 4.79 Å². The summed E-state index contributed by atoms with van der Waals surface area (Å²) in [7, 11) is -1.60. The summed E-state index contributed by atoms with van der Waals surface area (Å²) < 4.78 is 5.10. The van der Waals surface area contributed by atoms with E-state index in [1.807, 2.05) is 0 Å². The molecule has 0 atom stereocenters. The Morgan fingerprint density at radius 3 is 2.93 bits per heavy atom. The minimum atomic E-state index is -1.60. The van der Waals surface area contributed by atoms with Crippen molar-refractivity contribution in [1.82, 2.24) is 0 Å². The third-order valence-corrected chi connectivity index (χ3v) is 1.95. The average Bonchev–Trinajstić information content (AvgIpc) is 2.16. The van der Waals surface area contributed by atoms with E-state index in [9.17, 15) is 4.79 Å². The number of carbonyl (C=O) groups is 1. The highest BCUT2D eigenvalue weighted by atomic mass is 16.5. The molecule has 1 aliphatic rings. The van der Waals surface area contributed by atoms with Crippen molar-refractivity contribution in [3.8, 4) is 5.75 Å². The molecular formula is C8H8BNO4. The summed E-state index contributed by atoms with van der Waals surface area (Å²) in [5, 5.41) is 20.6. The van der Waals surface area contributed by atoms with Crippen LogP contribution in [-0.2, 0) is 4.79 Å². The SMILES string of the molecule is O=C1COc2c(cccc2B(O)O)N1. The van der Waals surface area contributed by atoms with E-state index < -0.39 is 7.12 Å². The minimum absolute atomic E-state index is 0.100. The van der Waals surface area contributed by atoms with Crippen LogP contribution >= 0.6 is 0 Å². The number of para-hydroxylation sites is 1. The van der Waals surface area contributed by atoms with Crippen LogP contribution in [-0.4, -0.2) is 29.7 Å². The first kappa shape index (κ1) is 9.05. The maximum atomic E-state index is 10.9. The summed E-state index contributed by atoms with van der Waals surface area (Å²) in [5.41, 5.74) is 0.717. The van der Waals surface area contributed by atoms with Gasteiger partial charge in [-0.15, -0.1) is 0 Å². The first-order valence-electron chi connectivity index (χ1n) is 4.10. The number of carbonyl (C=O) groups excluding carboxylic acids is 1. The lowest BCUT2D eigenvalue weighted by molar-refractivity contribution is -0.118. The Balaban J connectivity index is 2.46. The predicted octanol–water partition coefficient (Wildman–Crippen LogP) is -1.30. The van der Waals surface area contributed by atoms with Crippen molar-refractivity contribution < 1.29 is 19.6 Å². The van der Waals surface area contributed by atoms with E-state index in [4.69, 9.17) is 14.8 Å². The van der Waals surface area contributed by atoms with E-state index in [0.29, 0.717) is 11.4 Å². The molecule has 0 unspecified atom stereocenters. The second-order valence-electron chi connectivity index (χ2n) is 2.93. The van der Waals surface area contributed by atoms with E-state index in [1.165, 1.54) is 6.07 Å². The smallest absolute Gasteiger partial charge is 0.482 e. The van der Waals surface area contributed by atoms with Crippen molar-refractivity contribution >= 4 is 24.2 Å². The number of ether oxygens (including phenoxy) is 1. The average molecular weight is 193 g/mol. The highest BCUT2D eigenvalue weighted by Crippen LogP contribution is 2.24. The van der Waals surface area contributed by atoms with Gasteiger partial charge < -0.3 is 20.1 Å². The maximum Gasteiger partial charge on any atom is 0.492 e. The summed E-state index contributed by atoms with van der Waals surface area (Å²) in [5.74, 6) is 0.0733. The van der Waals surface area contributed by atoms with Crippen molar-refractivity contribution in [3.63, 3.8) is 0 Å². The Bertz CT molecular complexity index is 380. The zero-order valence-electron chi connectivity index (χ0n) is 7.23. The first-order chi connectivity index (χ1) is 6.68. The van der Waals surface area contributed by atoms with Crippen LogP contribution in [0.2, 0.25) is 0 Å². The zero-order valence-corrected chi connectivity index (χ0v) is 7.23. The molecule has 0 aliphatic carbocycles. The second kappa shape index (κ2) is 3.32. The van der Waals surface area contributed by atoms with Crippen molar-refractivity contribution in [3.05, 3.63) is 18.2 Å². The van der Waals surface area contributed by atoms with Crippen LogP contribution < -0.4 is 15.5 Å². The van der Waals surface area contributed by atoms with Gasteiger partial charge >= 0.3 is 7.12 Å². The fourth-order valence-electron chi connectivity index (χ4n) is 1.34. The van der Waals surface area contributed by atoms with Crippen molar-refractivity contribution in [2.24, 2.45) is 0 Å². The van der Waals surface area contributed by atoms with Crippen LogP contribution in [0.3, 0.4) is 0 Å². The molecule has 1 aromatic rings. The molecule has 0 saturated carbocycles. The number of rotatable bonds is 1. The topological polar surface area (TPSA) is 78.8 Å². The van der Waals surface area contributed by atoms with Crippen LogP contribution in [0.5, 0.6) is 5.75 Å². The number of hydrogen-bond donors (Lipinski definition) is 3. The number of hydrogen-bond acceptors (Lipinski definition) is 4. The lowest BCUT2D eigenvalue weighted by Crippen LogP contribution is -2.36. The molecule has 1 aliphatic heterocycles. The van der Waals surface area contributed by atoms with Crippen molar-refractivity contribution in [2.45, 2.75) is 0 Å². The maximum absolute atomic E-state index is 10.9. The molecule has 0 bridgehead atoms. The summed E-state index contributed by atoms with van der Waals surface area (Å²) >= 11 is 0. The van der Waals surface area contributed by atoms with Crippen LogP contribution in [0.25, 0.3) is 0 Å². The largest absolute Gasteiger partial charge is 0.492 e. The van der Waals surface area contributed by atoms with Gasteiger partial charge in [0, 0.05) is 5.46 Å². The van der Waals surface area contributed by atoms with Crippen molar-refractivity contribution in [2.75, 3.05) is 11.9 Å². The molecule has 5 nitrogen and oxygen atoms in total. The third-order valence-electron chi connectivity index (χ3n) is 1.95. The van der Waals surface area contributed by atoms with Gasteiger partial charge in [0.25, 0.3) is 5.91 Å². The Hall–Kier alpha value is -1.53. The molecule has 14 heavy (non-hydrogen) atoms. The van der Waals surface area contributed by atoms with E-state index >= 15 is 0 Å². The molecule has 6 heteroatoms. The summed E-state index contributed by atoms with van der Waals surface area (Å²) in [6.07, 6.45) is 0. The van der Waals surface area contributed by atoms with Gasteiger partial charge in [0.15, 0.2) is 6.61 Å². The Morgan fingerprint density at radius 2 is 2.21 bits per heavy atom. The number of amides is 1. The molecule has 72 valence electrons. The first-order valence-corrected chi connectivity index (χ1v) is 4.10. The van der Waals surface area contributed by atoms with Gasteiger partial charge in [-0.1, -0.05) is 12.1 Å². The Morgan fingerprint density at radius 1 is 1.43 bits per heavy atom. The van der Waals surface area contributed by atoms with Crippen LogP contribution in [0.4, 0.5) is 5.69 Å². The molecule has 2 rings (SSSR count). The number of anilines is 1. The number of nitrogens with one attached hydrogen (secondary N) is 1. The highest BCUT2D eigenvalue weighted by Gasteiger charge is 2.24. The number of fused-ring (bicyclic) bond motifs is 1. The van der Waals surface area contributed by atoms with Gasteiger partial charge in [-0.05, 0) is 6.07 Å². The van der Waals surface area contributed by atoms with Gasteiger partial charge in [0.1, 0.15) is 5.75 Å². The van der Waals surface area contributed by atoms with E-state index in [0.717, 1.165) is 0 Å². The van der Waals surface area contributed by atoms with E-state index in [1.54, 1.807) is 12.1 Å². The summed E-state index contributed by atoms with van der Waals surface area (Å²) in [6.45, 7) is -0.100. The Kier molecular flexibility index (Phi) is 2.15. The standard InChI is InChI=1S/C8H8BNO4/c11-7-4-14-8-5(9(12)13)2-1-3-6(8)10-7/h1-3,12-13H,4H2,(H,10,11).